The van der Waals surface area contributed by atoms with Gasteiger partial charge in [0.15, 0.2) is 0 Å². The van der Waals surface area contributed by atoms with Crippen molar-refractivity contribution in [2.75, 3.05) is 26.9 Å². The Hall–Kier alpha value is -1.89. The van der Waals surface area contributed by atoms with Crippen molar-refractivity contribution in [2.24, 2.45) is 5.92 Å². The van der Waals surface area contributed by atoms with E-state index in [-0.39, 0.29) is 5.92 Å². The predicted molar refractivity (Wildman–Crippen MR) is 104 cm³/mol. The quantitative estimate of drug-likeness (QED) is 0.404. The number of methoxy groups -OCH3 is 1. The lowest BCUT2D eigenvalue weighted by atomic mass is 10.0. The van der Waals surface area contributed by atoms with E-state index in [0.717, 1.165) is 30.5 Å². The number of benzene rings is 1. The Morgan fingerprint density at radius 2 is 1.96 bits per heavy atom. The molecule has 0 radical (unpaired) electrons. The van der Waals surface area contributed by atoms with Crippen LogP contribution in [0.2, 0.25) is 0 Å². The van der Waals surface area contributed by atoms with E-state index in [2.05, 4.69) is 38.0 Å². The molecule has 0 atom stereocenters. The van der Waals surface area contributed by atoms with Gasteiger partial charge in [0.25, 0.3) is 5.79 Å². The monoisotopic (exact) mass is 377 g/mol. The standard InChI is InChI=1S/C21H31NO5/c1-15-9-10-19(12-16(15)2)17(3)22-27-11-7-6-8-18-13-25-21(4,26-14-18)20(23)24-5/h9-10,12,18,22H,3,6-8,11,13-14H2,1-2,4-5H3. The first-order valence-electron chi connectivity index (χ1n) is 9.36. The molecular weight excluding hydrogens is 346 g/mol. The van der Waals surface area contributed by atoms with Gasteiger partial charge in [-0.05, 0) is 49.4 Å². The molecule has 6 heteroatoms. The van der Waals surface area contributed by atoms with E-state index in [1.54, 1.807) is 6.92 Å². The zero-order chi connectivity index (χ0) is 19.9. The van der Waals surface area contributed by atoms with Gasteiger partial charge in [0.2, 0.25) is 0 Å². The van der Waals surface area contributed by atoms with Gasteiger partial charge in [-0.15, -0.1) is 0 Å². The highest BCUT2D eigenvalue weighted by Crippen LogP contribution is 2.25. The number of carbonyl (C=O) groups excluding carboxylic acids is 1. The maximum absolute atomic E-state index is 11.6. The molecule has 0 amide bonds. The average molecular weight is 377 g/mol. The normalized spacial score (nSPS) is 22.3. The van der Waals surface area contributed by atoms with Gasteiger partial charge in [0, 0.05) is 12.8 Å². The summed E-state index contributed by atoms with van der Waals surface area (Å²) in [6.07, 6.45) is 2.86. The molecule has 150 valence electrons. The fourth-order valence-electron chi connectivity index (χ4n) is 2.85. The second-order valence-corrected chi connectivity index (χ2v) is 7.15. The number of rotatable bonds is 9. The Balaban J connectivity index is 1.58. The van der Waals surface area contributed by atoms with Crippen molar-refractivity contribution in [1.29, 1.82) is 0 Å². The molecule has 1 aromatic rings. The van der Waals surface area contributed by atoms with Gasteiger partial charge < -0.3 is 14.2 Å². The van der Waals surface area contributed by atoms with E-state index >= 15 is 0 Å². The van der Waals surface area contributed by atoms with Gasteiger partial charge in [0.05, 0.1) is 32.6 Å². The zero-order valence-electron chi connectivity index (χ0n) is 16.8. The van der Waals surface area contributed by atoms with Crippen molar-refractivity contribution in [1.82, 2.24) is 5.48 Å². The van der Waals surface area contributed by atoms with E-state index < -0.39 is 11.8 Å². The molecular formula is C21H31NO5. The van der Waals surface area contributed by atoms with Crippen LogP contribution in [0.1, 0.15) is 42.9 Å². The molecule has 0 aliphatic carbocycles. The second kappa shape index (κ2) is 9.88. The first kappa shape index (κ1) is 21.4. The summed E-state index contributed by atoms with van der Waals surface area (Å²) in [5.74, 6) is -1.49. The first-order chi connectivity index (χ1) is 12.9. The first-order valence-corrected chi connectivity index (χ1v) is 9.36. The number of aryl methyl sites for hydroxylation is 2. The molecule has 0 spiro atoms. The molecule has 0 aromatic heterocycles. The van der Waals surface area contributed by atoms with E-state index in [1.807, 2.05) is 6.07 Å². The Kier molecular flexibility index (Phi) is 7.83. The zero-order valence-corrected chi connectivity index (χ0v) is 16.8. The van der Waals surface area contributed by atoms with E-state index in [9.17, 15) is 4.79 Å². The number of esters is 1. The third kappa shape index (κ3) is 6.06. The lowest BCUT2D eigenvalue weighted by Gasteiger charge is -2.35. The molecule has 0 saturated carbocycles. The molecule has 1 aliphatic heterocycles. The highest BCUT2D eigenvalue weighted by molar-refractivity contribution is 5.77. The molecule has 1 heterocycles. The van der Waals surface area contributed by atoms with Gasteiger partial charge in [-0.1, -0.05) is 25.1 Å². The van der Waals surface area contributed by atoms with E-state index in [4.69, 9.17) is 19.0 Å². The summed E-state index contributed by atoms with van der Waals surface area (Å²) in [6, 6.07) is 6.21. The summed E-state index contributed by atoms with van der Waals surface area (Å²) >= 11 is 0. The third-order valence-electron chi connectivity index (χ3n) is 4.90. The molecule has 27 heavy (non-hydrogen) atoms. The fourth-order valence-corrected chi connectivity index (χ4v) is 2.85. The molecule has 6 nitrogen and oxygen atoms in total. The minimum atomic E-state index is -1.27. The predicted octanol–water partition coefficient (Wildman–Crippen LogP) is 3.52. The minimum absolute atomic E-state index is 0.279. The van der Waals surface area contributed by atoms with Crippen LogP contribution in [0.25, 0.3) is 5.70 Å². The lowest BCUT2D eigenvalue weighted by Crippen LogP contribution is -2.48. The van der Waals surface area contributed by atoms with Crippen LogP contribution in [0.5, 0.6) is 0 Å². The van der Waals surface area contributed by atoms with E-state index in [0.29, 0.717) is 19.8 Å². The number of hydrogen-bond donors (Lipinski definition) is 1. The maximum Gasteiger partial charge on any atom is 0.366 e. The van der Waals surface area contributed by atoms with Crippen molar-refractivity contribution < 1.29 is 23.8 Å². The smallest absolute Gasteiger partial charge is 0.366 e. The van der Waals surface area contributed by atoms with Crippen molar-refractivity contribution >= 4 is 11.7 Å². The molecule has 1 fully saturated rings. The summed E-state index contributed by atoms with van der Waals surface area (Å²) in [5, 5.41) is 0. The summed E-state index contributed by atoms with van der Waals surface area (Å²) in [7, 11) is 1.33. The van der Waals surface area contributed by atoms with Gasteiger partial charge in [-0.2, -0.15) is 0 Å². The van der Waals surface area contributed by atoms with Crippen molar-refractivity contribution in [3.63, 3.8) is 0 Å². The van der Waals surface area contributed by atoms with E-state index in [1.165, 1.54) is 18.2 Å². The van der Waals surface area contributed by atoms with Crippen LogP contribution in [0.3, 0.4) is 0 Å². The molecule has 1 aromatic carbocycles. The Morgan fingerprint density at radius 3 is 2.59 bits per heavy atom. The number of hydrogen-bond acceptors (Lipinski definition) is 6. The second-order valence-electron chi connectivity index (χ2n) is 7.15. The Labute approximate surface area is 161 Å². The minimum Gasteiger partial charge on any atom is -0.465 e. The van der Waals surface area contributed by atoms with Gasteiger partial charge in [0.1, 0.15) is 0 Å². The van der Waals surface area contributed by atoms with Crippen LogP contribution in [0.4, 0.5) is 0 Å². The number of unbranched alkanes of at least 4 members (excludes halogenated alkanes) is 1. The topological polar surface area (TPSA) is 66.0 Å². The lowest BCUT2D eigenvalue weighted by molar-refractivity contribution is -0.272. The van der Waals surface area contributed by atoms with Crippen molar-refractivity contribution in [3.05, 3.63) is 41.5 Å². The Morgan fingerprint density at radius 1 is 1.26 bits per heavy atom. The molecule has 0 bridgehead atoms. The van der Waals surface area contributed by atoms with Crippen LogP contribution in [0, 0.1) is 19.8 Å². The molecule has 1 N–H and O–H groups in total. The van der Waals surface area contributed by atoms with Gasteiger partial charge in [-0.25, -0.2) is 4.79 Å². The van der Waals surface area contributed by atoms with Crippen molar-refractivity contribution in [3.8, 4) is 0 Å². The Bertz CT molecular complexity index is 650. The fraction of sp³-hybridized carbons (Fsp3) is 0.571. The van der Waals surface area contributed by atoms with Crippen LogP contribution >= 0.6 is 0 Å². The summed E-state index contributed by atoms with van der Waals surface area (Å²) in [5.41, 5.74) is 7.20. The molecule has 1 aliphatic rings. The van der Waals surface area contributed by atoms with Gasteiger partial charge in [-0.3, -0.25) is 10.3 Å². The van der Waals surface area contributed by atoms with Crippen molar-refractivity contribution in [2.45, 2.75) is 45.8 Å². The van der Waals surface area contributed by atoms with Gasteiger partial charge >= 0.3 is 5.97 Å². The highest BCUT2D eigenvalue weighted by atomic mass is 16.7. The SMILES string of the molecule is C=C(NOCCCCC1COC(C)(C(=O)OC)OC1)c1ccc(C)c(C)c1. The molecule has 1 saturated heterocycles. The maximum atomic E-state index is 11.6. The van der Waals surface area contributed by atoms with Crippen LogP contribution in [-0.2, 0) is 23.8 Å². The highest BCUT2D eigenvalue weighted by Gasteiger charge is 2.41. The van der Waals surface area contributed by atoms with Crippen LogP contribution < -0.4 is 5.48 Å². The van der Waals surface area contributed by atoms with Crippen LogP contribution in [-0.4, -0.2) is 38.7 Å². The molecule has 0 unspecified atom stereocenters. The third-order valence-corrected chi connectivity index (χ3v) is 4.90. The average Bonchev–Trinajstić information content (AvgIpc) is 2.67. The summed E-state index contributed by atoms with van der Waals surface area (Å²) in [6.45, 7) is 11.4. The largest absolute Gasteiger partial charge is 0.465 e. The molecule has 2 rings (SSSR count). The summed E-state index contributed by atoms with van der Waals surface area (Å²) in [4.78, 5) is 17.1. The number of nitrogens with one attached hydrogen (secondary N) is 1. The van der Waals surface area contributed by atoms with Crippen LogP contribution in [0.15, 0.2) is 24.8 Å². The summed E-state index contributed by atoms with van der Waals surface area (Å²) < 4.78 is 15.8. The number of hydroxylamine groups is 1. The number of carbonyl (C=O) groups is 1. The number of ether oxygens (including phenoxy) is 3.